The Labute approximate surface area is 151 Å². The van der Waals surface area contributed by atoms with Gasteiger partial charge >= 0.3 is 0 Å². The van der Waals surface area contributed by atoms with Crippen LogP contribution in [0.5, 0.6) is 5.88 Å². The summed E-state index contributed by atoms with van der Waals surface area (Å²) in [7, 11) is 1.58. The SMILES string of the molecule is COc1ccc2nnc(Cc3cccc(-c4ncc(Br)cn4)c3)n2n1. The minimum Gasteiger partial charge on any atom is -0.480 e. The van der Waals surface area contributed by atoms with Crippen LogP contribution in [0.15, 0.2) is 53.3 Å². The summed E-state index contributed by atoms with van der Waals surface area (Å²) in [6, 6.07) is 11.6. The van der Waals surface area contributed by atoms with Crippen LogP contribution in [0, 0.1) is 0 Å². The van der Waals surface area contributed by atoms with Gasteiger partial charge in [0.2, 0.25) is 5.88 Å². The molecule has 0 bridgehead atoms. The summed E-state index contributed by atoms with van der Waals surface area (Å²) < 4.78 is 7.72. The molecule has 124 valence electrons. The van der Waals surface area contributed by atoms with Gasteiger partial charge in [-0.2, -0.15) is 4.52 Å². The van der Waals surface area contributed by atoms with E-state index in [1.807, 2.05) is 30.3 Å². The number of aromatic nitrogens is 6. The number of rotatable bonds is 4. The molecule has 0 amide bonds. The number of ether oxygens (including phenoxy) is 1. The van der Waals surface area contributed by atoms with Crippen molar-refractivity contribution in [3.8, 4) is 17.3 Å². The van der Waals surface area contributed by atoms with Crippen LogP contribution in [0.25, 0.3) is 17.0 Å². The average molecular weight is 397 g/mol. The molecule has 3 aromatic heterocycles. The monoisotopic (exact) mass is 396 g/mol. The van der Waals surface area contributed by atoms with E-state index in [0.717, 1.165) is 21.4 Å². The molecular formula is C17H13BrN6O. The van der Waals surface area contributed by atoms with Crippen molar-refractivity contribution in [3.63, 3.8) is 0 Å². The van der Waals surface area contributed by atoms with E-state index in [0.29, 0.717) is 23.8 Å². The molecule has 4 aromatic rings. The Morgan fingerprint density at radius 2 is 1.92 bits per heavy atom. The molecule has 1 aromatic carbocycles. The van der Waals surface area contributed by atoms with Gasteiger partial charge in [-0.25, -0.2) is 9.97 Å². The molecule has 0 radical (unpaired) electrons. The summed E-state index contributed by atoms with van der Waals surface area (Å²) in [4.78, 5) is 8.68. The topological polar surface area (TPSA) is 78.1 Å². The van der Waals surface area contributed by atoms with Crippen LogP contribution in [0.2, 0.25) is 0 Å². The van der Waals surface area contributed by atoms with E-state index in [1.165, 1.54) is 0 Å². The van der Waals surface area contributed by atoms with Gasteiger partial charge in [-0.1, -0.05) is 18.2 Å². The first-order chi connectivity index (χ1) is 12.2. The first-order valence-electron chi connectivity index (χ1n) is 7.55. The molecule has 7 nitrogen and oxygen atoms in total. The van der Waals surface area contributed by atoms with Crippen LogP contribution < -0.4 is 4.74 Å². The van der Waals surface area contributed by atoms with Crippen LogP contribution in [-0.2, 0) is 6.42 Å². The van der Waals surface area contributed by atoms with Crippen molar-refractivity contribution < 1.29 is 4.74 Å². The maximum absolute atomic E-state index is 5.18. The van der Waals surface area contributed by atoms with Crippen molar-refractivity contribution in [3.05, 3.63) is 64.7 Å². The van der Waals surface area contributed by atoms with Crippen molar-refractivity contribution in [2.75, 3.05) is 7.11 Å². The maximum atomic E-state index is 5.18. The molecule has 4 rings (SSSR count). The van der Waals surface area contributed by atoms with Gasteiger partial charge in [-0.3, -0.25) is 0 Å². The Balaban J connectivity index is 1.67. The summed E-state index contributed by atoms with van der Waals surface area (Å²) in [6.07, 6.45) is 4.06. The van der Waals surface area contributed by atoms with Crippen LogP contribution in [-0.4, -0.2) is 36.9 Å². The third kappa shape index (κ3) is 3.20. The third-order valence-corrected chi connectivity index (χ3v) is 4.09. The number of nitrogens with zero attached hydrogens (tertiary/aromatic N) is 6. The molecule has 0 N–H and O–H groups in total. The van der Waals surface area contributed by atoms with Gasteiger partial charge < -0.3 is 4.74 Å². The zero-order valence-electron chi connectivity index (χ0n) is 13.3. The Kier molecular flexibility index (Phi) is 4.10. The normalized spacial score (nSPS) is 11.0. The number of fused-ring (bicyclic) bond motifs is 1. The number of hydrogen-bond acceptors (Lipinski definition) is 6. The van der Waals surface area contributed by atoms with E-state index < -0.39 is 0 Å². The van der Waals surface area contributed by atoms with Gasteiger partial charge in [0.05, 0.1) is 11.6 Å². The van der Waals surface area contributed by atoms with Crippen LogP contribution >= 0.6 is 15.9 Å². The maximum Gasteiger partial charge on any atom is 0.231 e. The average Bonchev–Trinajstić information content (AvgIpc) is 3.04. The summed E-state index contributed by atoms with van der Waals surface area (Å²) in [5.41, 5.74) is 2.70. The van der Waals surface area contributed by atoms with Crippen molar-refractivity contribution >= 4 is 21.6 Å². The molecule has 0 saturated heterocycles. The third-order valence-electron chi connectivity index (χ3n) is 3.68. The fourth-order valence-corrected chi connectivity index (χ4v) is 2.70. The lowest BCUT2D eigenvalue weighted by atomic mass is 10.1. The minimum absolute atomic E-state index is 0.519. The predicted octanol–water partition coefficient (Wildman–Crippen LogP) is 2.94. The Bertz CT molecular complexity index is 1030. The number of benzene rings is 1. The first-order valence-corrected chi connectivity index (χ1v) is 8.34. The quantitative estimate of drug-likeness (QED) is 0.527. The van der Waals surface area contributed by atoms with E-state index in [-0.39, 0.29) is 0 Å². The predicted molar refractivity (Wildman–Crippen MR) is 95.3 cm³/mol. The van der Waals surface area contributed by atoms with Crippen molar-refractivity contribution in [1.82, 2.24) is 29.8 Å². The van der Waals surface area contributed by atoms with E-state index in [9.17, 15) is 0 Å². The summed E-state index contributed by atoms with van der Waals surface area (Å²) >= 11 is 3.35. The molecule has 0 saturated carbocycles. The van der Waals surface area contributed by atoms with Crippen LogP contribution in [0.1, 0.15) is 11.4 Å². The fraction of sp³-hybridized carbons (Fsp3) is 0.118. The minimum atomic E-state index is 0.519. The molecule has 0 aliphatic rings. The molecular weight excluding hydrogens is 384 g/mol. The van der Waals surface area contributed by atoms with Gasteiger partial charge in [0.25, 0.3) is 0 Å². The molecule has 0 aliphatic heterocycles. The highest BCUT2D eigenvalue weighted by molar-refractivity contribution is 9.10. The van der Waals surface area contributed by atoms with E-state index in [4.69, 9.17) is 4.74 Å². The highest BCUT2D eigenvalue weighted by atomic mass is 79.9. The molecule has 0 fully saturated rings. The van der Waals surface area contributed by atoms with Gasteiger partial charge in [-0.05, 0) is 33.6 Å². The second-order valence-electron chi connectivity index (χ2n) is 5.36. The Hall–Kier alpha value is -2.87. The summed E-state index contributed by atoms with van der Waals surface area (Å²) in [6.45, 7) is 0. The van der Waals surface area contributed by atoms with Crippen LogP contribution in [0.4, 0.5) is 0 Å². The smallest absolute Gasteiger partial charge is 0.231 e. The highest BCUT2D eigenvalue weighted by Gasteiger charge is 2.10. The first kappa shape index (κ1) is 15.6. The second kappa shape index (κ2) is 6.56. The van der Waals surface area contributed by atoms with Crippen molar-refractivity contribution in [2.24, 2.45) is 0 Å². The van der Waals surface area contributed by atoms with Gasteiger partial charge in [-0.15, -0.1) is 15.3 Å². The molecule has 0 unspecified atom stereocenters. The van der Waals surface area contributed by atoms with Gasteiger partial charge in [0.1, 0.15) is 0 Å². The summed E-state index contributed by atoms with van der Waals surface area (Å²) in [5, 5.41) is 12.8. The number of methoxy groups -OCH3 is 1. The zero-order chi connectivity index (χ0) is 17.2. The number of hydrogen-bond donors (Lipinski definition) is 0. The molecule has 0 spiro atoms. The molecule has 8 heteroatoms. The van der Waals surface area contributed by atoms with Crippen molar-refractivity contribution in [1.29, 1.82) is 0 Å². The van der Waals surface area contributed by atoms with E-state index in [2.05, 4.69) is 41.2 Å². The molecule has 0 atom stereocenters. The zero-order valence-corrected chi connectivity index (χ0v) is 14.9. The second-order valence-corrected chi connectivity index (χ2v) is 6.28. The standard InChI is InChI=1S/C17H13BrN6O/c1-25-16-6-5-14-21-22-15(24(14)23-16)8-11-3-2-4-12(7-11)17-19-9-13(18)10-20-17/h2-7,9-10H,8H2,1H3. The molecule has 3 heterocycles. The van der Waals surface area contributed by atoms with Crippen LogP contribution in [0.3, 0.4) is 0 Å². The van der Waals surface area contributed by atoms with Gasteiger partial charge in [0.15, 0.2) is 17.3 Å². The highest BCUT2D eigenvalue weighted by Crippen LogP contribution is 2.19. The Morgan fingerprint density at radius 3 is 2.72 bits per heavy atom. The van der Waals surface area contributed by atoms with Crippen molar-refractivity contribution in [2.45, 2.75) is 6.42 Å². The lowest BCUT2D eigenvalue weighted by Crippen LogP contribution is -2.02. The fourth-order valence-electron chi connectivity index (χ4n) is 2.50. The Morgan fingerprint density at radius 1 is 1.08 bits per heavy atom. The summed E-state index contributed by atoms with van der Waals surface area (Å²) in [5.74, 6) is 1.93. The molecule has 25 heavy (non-hydrogen) atoms. The largest absolute Gasteiger partial charge is 0.480 e. The van der Waals surface area contributed by atoms with Gasteiger partial charge in [0, 0.05) is 30.4 Å². The van der Waals surface area contributed by atoms with E-state index in [1.54, 1.807) is 30.1 Å². The van der Waals surface area contributed by atoms with E-state index >= 15 is 0 Å². The molecule has 0 aliphatic carbocycles. The lowest BCUT2D eigenvalue weighted by molar-refractivity contribution is 0.389. The number of halogens is 1. The lowest BCUT2D eigenvalue weighted by Gasteiger charge is -2.04.